The highest BCUT2D eigenvalue weighted by molar-refractivity contribution is 6.01. The zero-order valence-corrected chi connectivity index (χ0v) is 21.7. The van der Waals surface area contributed by atoms with Gasteiger partial charge in [0, 0.05) is 11.5 Å². The van der Waals surface area contributed by atoms with E-state index < -0.39 is 5.91 Å². The van der Waals surface area contributed by atoms with Crippen LogP contribution in [0.5, 0.6) is 11.5 Å². The molecule has 0 saturated heterocycles. The average molecular weight is 497 g/mol. The molecule has 1 aliphatic rings. The van der Waals surface area contributed by atoms with Crippen molar-refractivity contribution < 1.29 is 14.3 Å². The molecule has 190 valence electrons. The number of carbonyl (C=O) groups is 2. The third-order valence-electron chi connectivity index (χ3n) is 7.27. The van der Waals surface area contributed by atoms with E-state index >= 15 is 0 Å². The Balaban J connectivity index is 1.68. The van der Waals surface area contributed by atoms with Crippen molar-refractivity contribution in [3.8, 4) is 34.6 Å². The van der Waals surface area contributed by atoms with Crippen LogP contribution in [-0.2, 0) is 4.79 Å². The number of aromatic nitrogens is 2. The summed E-state index contributed by atoms with van der Waals surface area (Å²) < 4.78 is 7.86. The Bertz CT molecular complexity index is 1350. The van der Waals surface area contributed by atoms with Crippen LogP contribution in [0.15, 0.2) is 59.7 Å². The van der Waals surface area contributed by atoms with Crippen LogP contribution in [0, 0.1) is 29.2 Å². The summed E-state index contributed by atoms with van der Waals surface area (Å²) in [6, 6.07) is 17.0. The summed E-state index contributed by atoms with van der Waals surface area (Å²) in [5, 5.41) is 8.19. The highest BCUT2D eigenvalue weighted by Gasteiger charge is 2.35. The molecule has 0 radical (unpaired) electrons. The van der Waals surface area contributed by atoms with Gasteiger partial charge in [-0.3, -0.25) is 14.3 Å². The van der Waals surface area contributed by atoms with Gasteiger partial charge in [-0.1, -0.05) is 44.9 Å². The number of amides is 1. The quantitative estimate of drug-likeness (QED) is 0.202. The van der Waals surface area contributed by atoms with Gasteiger partial charge >= 0.3 is 0 Å². The number of nitrogens with zero attached hydrogens (tertiary/aromatic N) is 3. The number of ether oxygens (including phenoxy) is 1. The van der Waals surface area contributed by atoms with Crippen molar-refractivity contribution >= 4 is 11.7 Å². The lowest BCUT2D eigenvalue weighted by molar-refractivity contribution is -0.118. The summed E-state index contributed by atoms with van der Waals surface area (Å²) in [6.45, 7) is 7.74. The minimum absolute atomic E-state index is 0.0396. The molecule has 2 aromatic carbocycles. The third-order valence-corrected chi connectivity index (χ3v) is 7.27. The lowest BCUT2D eigenvalue weighted by Gasteiger charge is -2.31. The fourth-order valence-electron chi connectivity index (χ4n) is 5.02. The van der Waals surface area contributed by atoms with E-state index in [1.165, 1.54) is 0 Å². The van der Waals surface area contributed by atoms with Gasteiger partial charge < -0.3 is 4.74 Å². The molecule has 0 aliphatic carbocycles. The molecule has 7 nitrogen and oxygen atoms in total. The van der Waals surface area contributed by atoms with Crippen LogP contribution in [0.3, 0.4) is 0 Å². The van der Waals surface area contributed by atoms with Crippen molar-refractivity contribution in [2.24, 2.45) is 17.0 Å². The third kappa shape index (κ3) is 5.54. The maximum atomic E-state index is 12.9. The molecule has 0 saturated carbocycles. The second-order valence-electron chi connectivity index (χ2n) is 9.78. The Morgan fingerprint density at radius 1 is 1.11 bits per heavy atom. The van der Waals surface area contributed by atoms with Crippen LogP contribution in [0.1, 0.15) is 75.0 Å². The summed E-state index contributed by atoms with van der Waals surface area (Å²) in [7, 11) is 0. The van der Waals surface area contributed by atoms with E-state index in [1.807, 2.05) is 66.2 Å². The van der Waals surface area contributed by atoms with Crippen molar-refractivity contribution in [1.29, 1.82) is 5.53 Å². The molecule has 4 rings (SSSR count). The first-order chi connectivity index (χ1) is 17.8. The standard InChI is InChI=1S/C30H32N4O3/c1-5-9-26(35)21(4)20(3)18-23-15-12-19(2)29-27(30(36)32-31)28(33-34(23)29)22-13-16-25(17-14-22)37-24-10-7-6-8-11-24/h6-8,10-11,13-14,16-17,19-21,23,31H,12,15,18H2,1-4H3. The number of hydrogen-bond donors (Lipinski definition) is 1. The van der Waals surface area contributed by atoms with Gasteiger partial charge in [0.1, 0.15) is 17.2 Å². The highest BCUT2D eigenvalue weighted by Crippen LogP contribution is 2.42. The van der Waals surface area contributed by atoms with Gasteiger partial charge in [0.25, 0.3) is 5.91 Å². The average Bonchev–Trinajstić information content (AvgIpc) is 3.32. The lowest BCUT2D eigenvalue weighted by Crippen LogP contribution is -2.27. The summed E-state index contributed by atoms with van der Waals surface area (Å²) >= 11 is 0. The molecule has 1 N–H and O–H groups in total. The van der Waals surface area contributed by atoms with Gasteiger partial charge in [-0.15, -0.1) is 5.11 Å². The molecular formula is C30H32N4O3. The van der Waals surface area contributed by atoms with E-state index in [0.29, 0.717) is 17.0 Å². The second-order valence-corrected chi connectivity index (χ2v) is 9.78. The van der Waals surface area contributed by atoms with Crippen LogP contribution >= 0.6 is 0 Å². The molecule has 4 unspecified atom stereocenters. The minimum Gasteiger partial charge on any atom is -0.457 e. The number of benzene rings is 2. The molecule has 4 atom stereocenters. The molecule has 0 fully saturated rings. The van der Waals surface area contributed by atoms with Gasteiger partial charge in [-0.05, 0) is 80.3 Å². The molecule has 1 aliphatic heterocycles. The SMILES string of the molecule is CC#CC(=O)C(C)C(C)CC1CCC(C)c2c(C(=O)N=N)c(-c3ccc(Oc4ccccc4)cc3)nn21. The maximum absolute atomic E-state index is 12.9. The Morgan fingerprint density at radius 2 is 1.78 bits per heavy atom. The highest BCUT2D eigenvalue weighted by atomic mass is 16.5. The normalized spacial score (nSPS) is 18.1. The Hall–Kier alpha value is -4.05. The first-order valence-electron chi connectivity index (χ1n) is 12.7. The van der Waals surface area contributed by atoms with Crippen LogP contribution in [0.4, 0.5) is 0 Å². The zero-order chi connectivity index (χ0) is 26.5. The topological polar surface area (TPSA) is 97.4 Å². The summed E-state index contributed by atoms with van der Waals surface area (Å²) in [5.41, 5.74) is 9.95. The molecule has 1 amide bonds. The number of hydrogen-bond acceptors (Lipinski definition) is 5. The van der Waals surface area contributed by atoms with Gasteiger partial charge in [-0.2, -0.15) is 5.10 Å². The van der Waals surface area contributed by atoms with Crippen LogP contribution in [0.2, 0.25) is 0 Å². The maximum Gasteiger partial charge on any atom is 0.298 e. The van der Waals surface area contributed by atoms with Crippen molar-refractivity contribution in [3.63, 3.8) is 0 Å². The number of nitrogens with one attached hydrogen (secondary N) is 1. The molecule has 2 heterocycles. The van der Waals surface area contributed by atoms with E-state index in [4.69, 9.17) is 15.4 Å². The molecule has 1 aromatic heterocycles. The predicted molar refractivity (Wildman–Crippen MR) is 142 cm³/mol. The first-order valence-corrected chi connectivity index (χ1v) is 12.7. The van der Waals surface area contributed by atoms with E-state index in [0.717, 1.165) is 36.3 Å². The van der Waals surface area contributed by atoms with E-state index in [2.05, 4.69) is 30.8 Å². The minimum atomic E-state index is -0.594. The Kier molecular flexibility index (Phi) is 7.98. The molecule has 3 aromatic rings. The largest absolute Gasteiger partial charge is 0.457 e. The monoisotopic (exact) mass is 496 g/mol. The molecule has 0 spiro atoms. The van der Waals surface area contributed by atoms with E-state index in [9.17, 15) is 9.59 Å². The van der Waals surface area contributed by atoms with Crippen molar-refractivity contribution in [2.45, 2.75) is 58.9 Å². The first kappa shape index (κ1) is 26.0. The smallest absolute Gasteiger partial charge is 0.298 e. The molecule has 7 heteroatoms. The van der Waals surface area contributed by atoms with E-state index in [-0.39, 0.29) is 29.6 Å². The van der Waals surface area contributed by atoms with Crippen LogP contribution in [-0.4, -0.2) is 21.5 Å². The fraction of sp³-hybridized carbons (Fsp3) is 0.367. The molecule has 37 heavy (non-hydrogen) atoms. The lowest BCUT2D eigenvalue weighted by atomic mass is 9.82. The van der Waals surface area contributed by atoms with Gasteiger partial charge in [0.05, 0.1) is 17.3 Å². The van der Waals surface area contributed by atoms with Gasteiger partial charge in [-0.25, -0.2) is 5.53 Å². The Labute approximate surface area is 217 Å². The van der Waals surface area contributed by atoms with E-state index in [1.54, 1.807) is 6.92 Å². The Morgan fingerprint density at radius 3 is 2.43 bits per heavy atom. The second kappa shape index (κ2) is 11.3. The van der Waals surface area contributed by atoms with Crippen molar-refractivity contribution in [1.82, 2.24) is 9.78 Å². The summed E-state index contributed by atoms with van der Waals surface area (Å²) in [5.74, 6) is 6.14. The molecular weight excluding hydrogens is 464 g/mol. The number of ketones is 1. The summed E-state index contributed by atoms with van der Waals surface area (Å²) in [6.07, 6.45) is 2.53. The van der Waals surface area contributed by atoms with Crippen LogP contribution in [0.25, 0.3) is 11.3 Å². The van der Waals surface area contributed by atoms with Gasteiger partial charge in [0.15, 0.2) is 0 Å². The number of Topliss-reactive ketones (excluding diaryl/α,β-unsaturated/α-hetero) is 1. The predicted octanol–water partition coefficient (Wildman–Crippen LogP) is 7.21. The summed E-state index contributed by atoms with van der Waals surface area (Å²) in [4.78, 5) is 25.3. The fourth-order valence-corrected chi connectivity index (χ4v) is 5.02. The number of fused-ring (bicyclic) bond motifs is 1. The number of rotatable bonds is 8. The van der Waals surface area contributed by atoms with Crippen LogP contribution < -0.4 is 4.74 Å². The number of para-hydroxylation sites is 1. The van der Waals surface area contributed by atoms with Crippen molar-refractivity contribution in [2.75, 3.05) is 0 Å². The molecule has 0 bridgehead atoms. The van der Waals surface area contributed by atoms with Crippen molar-refractivity contribution in [3.05, 3.63) is 65.9 Å². The zero-order valence-electron chi connectivity index (χ0n) is 21.7. The number of carbonyl (C=O) groups excluding carboxylic acids is 2. The van der Waals surface area contributed by atoms with Gasteiger partial charge in [0.2, 0.25) is 5.78 Å².